The van der Waals surface area contributed by atoms with E-state index in [-0.39, 0.29) is 0 Å². The zero-order valence-electron chi connectivity index (χ0n) is 11.3. The lowest BCUT2D eigenvalue weighted by Crippen LogP contribution is -2.90. The van der Waals surface area contributed by atoms with Crippen LogP contribution < -0.4 is 0 Å². The molecule has 1 aliphatic carbocycles. The molecule has 2 N–H and O–H groups in total. The molecule has 22 heavy (non-hydrogen) atoms. The zero-order chi connectivity index (χ0) is 16.8. The zero-order valence-corrected chi connectivity index (χ0v) is 13.7. The minimum atomic E-state index is -4.48. The highest BCUT2D eigenvalue weighted by atomic mass is 35.7. The largest absolute Gasteiger partial charge is 0.400 e. The molecule has 0 aromatic rings. The molecule has 3 fully saturated rings. The predicted octanol–water partition coefficient (Wildman–Crippen LogP) is -1.63. The van der Waals surface area contributed by atoms with Crippen molar-refractivity contribution in [2.75, 3.05) is 6.61 Å². The number of hydrogen-bond acceptors (Lipinski definition) is 10. The highest BCUT2D eigenvalue weighted by Crippen LogP contribution is 2.64. The summed E-state index contributed by atoms with van der Waals surface area (Å²) in [6.45, 7) is 2.23. The fourth-order valence-corrected chi connectivity index (χ4v) is 5.25. The van der Waals surface area contributed by atoms with Gasteiger partial charge in [0.2, 0.25) is 5.79 Å². The Labute approximate surface area is 130 Å². The summed E-state index contributed by atoms with van der Waals surface area (Å²) in [6.07, 6.45) is -4.23. The van der Waals surface area contributed by atoms with Gasteiger partial charge in [-0.15, -0.1) is 0 Å². The molecule has 1 unspecified atom stereocenters. The standard InChI is InChI=1S/C9H13ClO10S2/c1-7(2)6(20-21(10,13)14)9(12)8(7,11)5-4(3-17-9)18-22(15,16)19-5/h4-6,11-12H,3H2,1-2H3/t4-,5-,6?,8-,9-/m1/s1. The Balaban J connectivity index is 2.04. The second-order valence-corrected chi connectivity index (χ2v) is 9.24. The van der Waals surface area contributed by atoms with E-state index in [9.17, 15) is 27.0 Å². The first-order valence-electron chi connectivity index (χ1n) is 6.08. The minimum Gasteiger partial charge on any atom is -0.381 e. The molecule has 0 bridgehead atoms. The van der Waals surface area contributed by atoms with Crippen LogP contribution in [0.2, 0.25) is 0 Å². The van der Waals surface area contributed by atoms with Gasteiger partial charge in [-0.3, -0.25) is 0 Å². The van der Waals surface area contributed by atoms with Crippen LogP contribution in [0.4, 0.5) is 0 Å². The lowest BCUT2D eigenvalue weighted by molar-refractivity contribution is -0.479. The van der Waals surface area contributed by atoms with E-state index >= 15 is 0 Å². The Morgan fingerprint density at radius 1 is 1.27 bits per heavy atom. The van der Waals surface area contributed by atoms with Crippen LogP contribution in [-0.4, -0.2) is 63.4 Å². The first-order valence-corrected chi connectivity index (χ1v) is 9.64. The first kappa shape index (κ1) is 16.8. The quantitative estimate of drug-likeness (QED) is 0.535. The van der Waals surface area contributed by atoms with Crippen LogP contribution in [0.1, 0.15) is 13.8 Å². The Morgan fingerprint density at radius 3 is 2.41 bits per heavy atom. The molecule has 0 aromatic heterocycles. The number of ether oxygens (including phenoxy) is 1. The third-order valence-corrected chi connectivity index (χ3v) is 6.00. The number of hydrogen-bond donors (Lipinski definition) is 2. The molecule has 5 atom stereocenters. The smallest absolute Gasteiger partial charge is 0.381 e. The third kappa shape index (κ3) is 1.93. The minimum absolute atomic E-state index is 0.457. The van der Waals surface area contributed by atoms with Crippen LogP contribution in [0.3, 0.4) is 0 Å². The SMILES string of the molecule is CC1(C)C(OS(=O)(=O)Cl)[C@@]2(O)OC[C@H]3OS(=O)(=O)O[C@H]3[C@@]12O. The number of rotatable bonds is 2. The number of halogens is 1. The van der Waals surface area contributed by atoms with Crippen molar-refractivity contribution in [2.45, 2.75) is 43.5 Å². The Hall–Kier alpha value is -0.0500. The fourth-order valence-electron chi connectivity index (χ4n) is 3.41. The summed E-state index contributed by atoms with van der Waals surface area (Å²) in [5.41, 5.74) is -3.77. The molecule has 128 valence electrons. The molecule has 1 saturated carbocycles. The van der Waals surface area contributed by atoms with E-state index in [4.69, 9.17) is 19.6 Å². The summed E-state index contributed by atoms with van der Waals surface area (Å²) >= 11 is 0. The topological polar surface area (TPSA) is 146 Å². The Bertz CT molecular complexity index is 717. The van der Waals surface area contributed by atoms with E-state index in [0.717, 1.165) is 0 Å². The lowest BCUT2D eigenvalue weighted by Gasteiger charge is -2.69. The first-order chi connectivity index (χ1) is 9.75. The molecule has 0 radical (unpaired) electrons. The normalized spacial score (nSPS) is 49.0. The number of fused-ring (bicyclic) bond motifs is 3. The molecule has 2 saturated heterocycles. The van der Waals surface area contributed by atoms with Crippen LogP contribution in [0.25, 0.3) is 0 Å². The molecule has 0 spiro atoms. The van der Waals surface area contributed by atoms with Crippen LogP contribution >= 0.6 is 10.7 Å². The Kier molecular flexibility index (Phi) is 3.30. The maximum atomic E-state index is 11.4. The average molecular weight is 381 g/mol. The summed E-state index contributed by atoms with van der Waals surface area (Å²) in [6, 6.07) is 0. The van der Waals surface area contributed by atoms with Gasteiger partial charge in [-0.25, -0.2) is 12.5 Å². The lowest BCUT2D eigenvalue weighted by atomic mass is 9.48. The van der Waals surface area contributed by atoms with Gasteiger partial charge in [0.25, 0.3) is 0 Å². The van der Waals surface area contributed by atoms with Crippen LogP contribution in [0.15, 0.2) is 0 Å². The summed E-state index contributed by atoms with van der Waals surface area (Å²) in [5.74, 6) is -2.52. The van der Waals surface area contributed by atoms with E-state index in [1.807, 2.05) is 0 Å². The molecule has 3 rings (SSSR count). The van der Waals surface area contributed by atoms with Gasteiger partial charge in [0, 0.05) is 16.1 Å². The number of aliphatic hydroxyl groups is 2. The predicted molar refractivity (Wildman–Crippen MR) is 67.9 cm³/mol. The highest BCUT2D eigenvalue weighted by Gasteiger charge is 2.86. The van der Waals surface area contributed by atoms with Crippen LogP contribution in [-0.2, 0) is 37.0 Å². The van der Waals surface area contributed by atoms with E-state index in [0.29, 0.717) is 0 Å². The van der Waals surface area contributed by atoms with E-state index in [1.165, 1.54) is 13.8 Å². The third-order valence-electron chi connectivity index (χ3n) is 4.43. The van der Waals surface area contributed by atoms with Gasteiger partial charge < -0.3 is 14.9 Å². The molecule has 2 aliphatic heterocycles. The van der Waals surface area contributed by atoms with Crippen molar-refractivity contribution < 1.29 is 44.3 Å². The molecule has 3 aliphatic rings. The van der Waals surface area contributed by atoms with Crippen molar-refractivity contribution >= 4 is 30.4 Å². The summed E-state index contributed by atoms with van der Waals surface area (Å²) < 4.78 is 64.0. The van der Waals surface area contributed by atoms with Gasteiger partial charge in [0.1, 0.15) is 18.3 Å². The molecule has 0 amide bonds. The second-order valence-electron chi connectivity index (χ2n) is 5.92. The fraction of sp³-hybridized carbons (Fsp3) is 1.00. The van der Waals surface area contributed by atoms with E-state index < -0.39 is 61.5 Å². The molecular weight excluding hydrogens is 368 g/mol. The van der Waals surface area contributed by atoms with Crippen molar-refractivity contribution in [1.82, 2.24) is 0 Å². The van der Waals surface area contributed by atoms with E-state index in [2.05, 4.69) is 8.37 Å². The molecule has 13 heteroatoms. The van der Waals surface area contributed by atoms with Gasteiger partial charge in [-0.1, -0.05) is 13.8 Å². The molecular formula is C9H13ClO10S2. The highest BCUT2D eigenvalue weighted by molar-refractivity contribution is 8.10. The maximum Gasteiger partial charge on any atom is 0.400 e. The van der Waals surface area contributed by atoms with Crippen molar-refractivity contribution in [3.05, 3.63) is 0 Å². The second kappa shape index (κ2) is 4.32. The molecule has 0 aromatic carbocycles. The summed E-state index contributed by atoms with van der Waals surface area (Å²) in [5, 5.41) is 21.3. The van der Waals surface area contributed by atoms with E-state index in [1.54, 1.807) is 0 Å². The summed E-state index contributed by atoms with van der Waals surface area (Å²) in [7, 11) is -3.83. The van der Waals surface area contributed by atoms with Gasteiger partial charge in [0.15, 0.2) is 5.60 Å². The average Bonchev–Trinajstić information content (AvgIpc) is 2.65. The maximum absolute atomic E-state index is 11.4. The summed E-state index contributed by atoms with van der Waals surface area (Å²) in [4.78, 5) is 0. The van der Waals surface area contributed by atoms with Gasteiger partial charge in [-0.2, -0.15) is 16.8 Å². The van der Waals surface area contributed by atoms with Crippen LogP contribution in [0, 0.1) is 5.41 Å². The van der Waals surface area contributed by atoms with Crippen molar-refractivity contribution in [3.8, 4) is 0 Å². The van der Waals surface area contributed by atoms with Crippen molar-refractivity contribution in [3.63, 3.8) is 0 Å². The Morgan fingerprint density at radius 2 is 1.86 bits per heavy atom. The van der Waals surface area contributed by atoms with Gasteiger partial charge in [-0.05, 0) is 0 Å². The molecule has 2 heterocycles. The monoisotopic (exact) mass is 380 g/mol. The van der Waals surface area contributed by atoms with Crippen molar-refractivity contribution in [1.29, 1.82) is 0 Å². The van der Waals surface area contributed by atoms with Gasteiger partial charge >= 0.3 is 19.7 Å². The van der Waals surface area contributed by atoms with Gasteiger partial charge in [0.05, 0.1) is 6.61 Å². The molecule has 10 nitrogen and oxygen atoms in total. The van der Waals surface area contributed by atoms with Crippen molar-refractivity contribution in [2.24, 2.45) is 5.41 Å². The van der Waals surface area contributed by atoms with Crippen LogP contribution in [0.5, 0.6) is 0 Å².